The molecule has 1 aliphatic rings. The maximum Gasteiger partial charge on any atom is 0.200 e. The number of fused-ring (bicyclic) bond motifs is 1. The molecule has 0 bridgehead atoms. The van der Waals surface area contributed by atoms with Crippen LogP contribution in [0, 0.1) is 0 Å². The van der Waals surface area contributed by atoms with Crippen LogP contribution in [0.4, 0.5) is 0 Å². The molecule has 0 radical (unpaired) electrons. The van der Waals surface area contributed by atoms with Crippen molar-refractivity contribution in [2.45, 2.75) is 19.3 Å². The molecule has 0 heterocycles. The van der Waals surface area contributed by atoms with Crippen LogP contribution in [0.2, 0.25) is 5.02 Å². The van der Waals surface area contributed by atoms with Gasteiger partial charge in [-0.1, -0.05) is 23.7 Å². The first kappa shape index (κ1) is 13.2. The largest absolute Gasteiger partial charge is 0.485 e. The average molecular weight is 287 g/mol. The highest BCUT2D eigenvalue weighted by Gasteiger charge is 2.14. The molecule has 20 heavy (non-hydrogen) atoms. The first-order valence-electron chi connectivity index (χ1n) is 6.76. The minimum atomic E-state index is 0.00894. The normalized spacial score (nSPS) is 13.1. The number of ether oxygens (including phenoxy) is 1. The molecule has 0 unspecified atom stereocenters. The fourth-order valence-electron chi connectivity index (χ4n) is 2.51. The van der Waals surface area contributed by atoms with Gasteiger partial charge >= 0.3 is 0 Å². The van der Waals surface area contributed by atoms with Crippen molar-refractivity contribution in [3.8, 4) is 5.75 Å². The fourth-order valence-corrected chi connectivity index (χ4v) is 2.63. The van der Waals surface area contributed by atoms with Crippen molar-refractivity contribution < 1.29 is 9.53 Å². The second kappa shape index (κ2) is 5.68. The Bertz CT molecular complexity index is 632. The molecule has 102 valence electrons. The molecule has 1 aliphatic carbocycles. The van der Waals surface area contributed by atoms with Crippen LogP contribution in [-0.2, 0) is 12.8 Å². The van der Waals surface area contributed by atoms with Crippen molar-refractivity contribution in [3.63, 3.8) is 0 Å². The molecule has 0 saturated heterocycles. The maximum atomic E-state index is 12.1. The molecule has 0 spiro atoms. The van der Waals surface area contributed by atoms with E-state index in [1.165, 1.54) is 17.5 Å². The summed E-state index contributed by atoms with van der Waals surface area (Å²) in [5.74, 6) is 0.665. The van der Waals surface area contributed by atoms with Crippen molar-refractivity contribution in [1.29, 1.82) is 0 Å². The third-order valence-electron chi connectivity index (χ3n) is 3.60. The molecule has 0 aromatic heterocycles. The van der Waals surface area contributed by atoms with Crippen LogP contribution in [0.5, 0.6) is 5.75 Å². The predicted octanol–water partition coefficient (Wildman–Crippen LogP) is 4.09. The molecule has 0 aliphatic heterocycles. The van der Waals surface area contributed by atoms with Gasteiger partial charge < -0.3 is 4.74 Å². The molecule has 3 rings (SSSR count). The molecule has 0 amide bonds. The Morgan fingerprint density at radius 3 is 2.60 bits per heavy atom. The van der Waals surface area contributed by atoms with Crippen LogP contribution in [0.1, 0.15) is 27.9 Å². The second-order valence-corrected chi connectivity index (χ2v) is 5.44. The number of halogens is 1. The standard InChI is InChI=1S/C17H15ClO2/c18-15-6-8-16(9-7-15)20-11-17(19)14-5-4-12-2-1-3-13(12)10-14/h4-10H,1-3,11H2. The zero-order valence-corrected chi connectivity index (χ0v) is 11.8. The lowest BCUT2D eigenvalue weighted by molar-refractivity contribution is 0.0921. The van der Waals surface area contributed by atoms with Gasteiger partial charge in [0.2, 0.25) is 0 Å². The van der Waals surface area contributed by atoms with Crippen molar-refractivity contribution in [2.24, 2.45) is 0 Å². The first-order chi connectivity index (χ1) is 9.72. The van der Waals surface area contributed by atoms with E-state index in [0.717, 1.165) is 18.4 Å². The SMILES string of the molecule is O=C(COc1ccc(Cl)cc1)c1ccc2c(c1)CCC2. The first-order valence-corrected chi connectivity index (χ1v) is 7.13. The number of benzene rings is 2. The molecule has 0 atom stereocenters. The Morgan fingerprint density at radius 1 is 1.05 bits per heavy atom. The van der Waals surface area contributed by atoms with Gasteiger partial charge in [-0.3, -0.25) is 4.79 Å². The van der Waals surface area contributed by atoms with Crippen LogP contribution < -0.4 is 4.74 Å². The van der Waals surface area contributed by atoms with Gasteiger partial charge in [0.15, 0.2) is 12.4 Å². The van der Waals surface area contributed by atoms with Gasteiger partial charge in [0.25, 0.3) is 0 Å². The van der Waals surface area contributed by atoms with Crippen LogP contribution in [0.3, 0.4) is 0 Å². The number of ketones is 1. The Morgan fingerprint density at radius 2 is 1.80 bits per heavy atom. The summed E-state index contributed by atoms with van der Waals surface area (Å²) in [7, 11) is 0. The van der Waals surface area contributed by atoms with Crippen LogP contribution in [0.15, 0.2) is 42.5 Å². The molecule has 0 N–H and O–H groups in total. The van der Waals surface area contributed by atoms with Gasteiger partial charge in [0, 0.05) is 10.6 Å². The van der Waals surface area contributed by atoms with Crippen LogP contribution in [-0.4, -0.2) is 12.4 Å². The van der Waals surface area contributed by atoms with E-state index in [1.54, 1.807) is 24.3 Å². The fraction of sp³-hybridized carbons (Fsp3) is 0.235. The lowest BCUT2D eigenvalue weighted by atomic mass is 10.0. The van der Waals surface area contributed by atoms with E-state index in [-0.39, 0.29) is 12.4 Å². The van der Waals surface area contributed by atoms with Gasteiger partial charge in [-0.2, -0.15) is 0 Å². The summed E-state index contributed by atoms with van der Waals surface area (Å²) < 4.78 is 5.49. The molecular weight excluding hydrogens is 272 g/mol. The number of carbonyl (C=O) groups excluding carboxylic acids is 1. The third-order valence-corrected chi connectivity index (χ3v) is 3.86. The summed E-state index contributed by atoms with van der Waals surface area (Å²) in [6.45, 7) is 0.0560. The molecule has 3 heteroatoms. The second-order valence-electron chi connectivity index (χ2n) is 5.00. The number of rotatable bonds is 4. The average Bonchev–Trinajstić information content (AvgIpc) is 2.93. The summed E-state index contributed by atoms with van der Waals surface area (Å²) in [6.07, 6.45) is 3.40. The van der Waals surface area contributed by atoms with E-state index < -0.39 is 0 Å². The van der Waals surface area contributed by atoms with Gasteiger partial charge in [-0.15, -0.1) is 0 Å². The van der Waals surface area contributed by atoms with Crippen molar-refractivity contribution >= 4 is 17.4 Å². The molecule has 2 aromatic rings. The number of hydrogen-bond donors (Lipinski definition) is 0. The third kappa shape index (κ3) is 2.86. The molecular formula is C17H15ClO2. The summed E-state index contributed by atoms with van der Waals surface area (Å²) in [5.41, 5.74) is 3.42. The van der Waals surface area contributed by atoms with Gasteiger partial charge in [-0.05, 0) is 60.7 Å². The quantitative estimate of drug-likeness (QED) is 0.791. The molecule has 2 aromatic carbocycles. The number of aryl methyl sites for hydroxylation is 2. The van der Waals surface area contributed by atoms with E-state index in [1.807, 2.05) is 12.1 Å². The minimum Gasteiger partial charge on any atom is -0.485 e. The van der Waals surface area contributed by atoms with E-state index in [0.29, 0.717) is 10.8 Å². The zero-order valence-electron chi connectivity index (χ0n) is 11.1. The van der Waals surface area contributed by atoms with E-state index in [9.17, 15) is 4.79 Å². The number of carbonyl (C=O) groups is 1. The topological polar surface area (TPSA) is 26.3 Å². The maximum absolute atomic E-state index is 12.1. The highest BCUT2D eigenvalue weighted by atomic mass is 35.5. The highest BCUT2D eigenvalue weighted by Crippen LogP contribution is 2.23. The zero-order chi connectivity index (χ0) is 13.9. The monoisotopic (exact) mass is 286 g/mol. The van der Waals surface area contributed by atoms with Crippen LogP contribution in [0.25, 0.3) is 0 Å². The Labute approximate surface area is 123 Å². The van der Waals surface area contributed by atoms with Gasteiger partial charge in [0.05, 0.1) is 0 Å². The summed E-state index contributed by atoms with van der Waals surface area (Å²) in [6, 6.07) is 13.0. The van der Waals surface area contributed by atoms with Crippen molar-refractivity contribution in [1.82, 2.24) is 0 Å². The smallest absolute Gasteiger partial charge is 0.200 e. The van der Waals surface area contributed by atoms with Crippen LogP contribution >= 0.6 is 11.6 Å². The lowest BCUT2D eigenvalue weighted by Gasteiger charge is -2.07. The van der Waals surface area contributed by atoms with Gasteiger partial charge in [-0.25, -0.2) is 0 Å². The number of Topliss-reactive ketones (excluding diaryl/α,β-unsaturated/α-hetero) is 1. The van der Waals surface area contributed by atoms with E-state index in [2.05, 4.69) is 6.07 Å². The predicted molar refractivity (Wildman–Crippen MR) is 79.7 cm³/mol. The Balaban J connectivity index is 1.66. The summed E-state index contributed by atoms with van der Waals surface area (Å²) in [4.78, 5) is 12.1. The molecule has 0 saturated carbocycles. The number of hydrogen-bond acceptors (Lipinski definition) is 2. The molecule has 0 fully saturated rings. The van der Waals surface area contributed by atoms with E-state index >= 15 is 0 Å². The minimum absolute atomic E-state index is 0.00894. The van der Waals surface area contributed by atoms with Crippen molar-refractivity contribution in [2.75, 3.05) is 6.61 Å². The van der Waals surface area contributed by atoms with Crippen molar-refractivity contribution in [3.05, 3.63) is 64.2 Å². The Hall–Kier alpha value is -1.80. The summed E-state index contributed by atoms with van der Waals surface area (Å²) in [5, 5.41) is 0.655. The summed E-state index contributed by atoms with van der Waals surface area (Å²) >= 11 is 5.80. The highest BCUT2D eigenvalue weighted by molar-refractivity contribution is 6.30. The lowest BCUT2D eigenvalue weighted by Crippen LogP contribution is -2.11. The molecule has 2 nitrogen and oxygen atoms in total. The van der Waals surface area contributed by atoms with E-state index in [4.69, 9.17) is 16.3 Å². The van der Waals surface area contributed by atoms with Gasteiger partial charge in [0.1, 0.15) is 5.75 Å². The Kier molecular flexibility index (Phi) is 3.75.